The van der Waals surface area contributed by atoms with E-state index in [2.05, 4.69) is 29.1 Å². The van der Waals surface area contributed by atoms with Crippen LogP contribution in [0.2, 0.25) is 0 Å². The minimum Gasteiger partial charge on any atom is -0.475 e. The number of aryl methyl sites for hydroxylation is 1. The molecule has 1 aliphatic carbocycles. The van der Waals surface area contributed by atoms with Gasteiger partial charge in [-0.1, -0.05) is 6.42 Å². The predicted octanol–water partition coefficient (Wildman–Crippen LogP) is 2.44. The quantitative estimate of drug-likeness (QED) is 0.667. The molecule has 2 aliphatic heterocycles. The molecule has 0 bridgehead atoms. The SMILES string of the molecule is Cc1ccc(CN2CC3Cn4c(nn(CC5CCC5)c(=O)c4=O)C3C2)s1.O=C(O)C(F)(F)F. The minimum atomic E-state index is -5.08. The first-order chi connectivity index (χ1) is 15.5. The predicted molar refractivity (Wildman–Crippen MR) is 114 cm³/mol. The van der Waals surface area contributed by atoms with Gasteiger partial charge < -0.3 is 5.11 Å². The number of aromatic nitrogens is 3. The topological polar surface area (TPSA) is 97.4 Å². The molecule has 12 heteroatoms. The first-order valence-corrected chi connectivity index (χ1v) is 11.6. The van der Waals surface area contributed by atoms with Crippen molar-refractivity contribution in [2.24, 2.45) is 11.8 Å². The first kappa shape index (κ1) is 23.7. The van der Waals surface area contributed by atoms with Gasteiger partial charge >= 0.3 is 23.3 Å². The number of carboxylic acid groups (broad SMARTS) is 1. The fraction of sp³-hybridized carbons (Fsp3) is 0.619. The molecule has 1 saturated heterocycles. The molecular formula is C21H25F3N4O4S. The zero-order valence-corrected chi connectivity index (χ0v) is 18.9. The van der Waals surface area contributed by atoms with Crippen LogP contribution in [0, 0.1) is 18.8 Å². The van der Waals surface area contributed by atoms with E-state index in [4.69, 9.17) is 9.90 Å². The third-order valence-electron chi connectivity index (χ3n) is 6.50. The number of rotatable bonds is 4. The Kier molecular flexibility index (Phi) is 6.50. The van der Waals surface area contributed by atoms with Crippen LogP contribution in [-0.4, -0.2) is 49.6 Å². The molecule has 180 valence electrons. The van der Waals surface area contributed by atoms with Gasteiger partial charge in [0, 0.05) is 54.3 Å². The third kappa shape index (κ3) is 5.06. The van der Waals surface area contributed by atoms with Crippen LogP contribution in [-0.2, 0) is 24.4 Å². The van der Waals surface area contributed by atoms with Crippen LogP contribution in [0.15, 0.2) is 21.7 Å². The fourth-order valence-corrected chi connectivity index (χ4v) is 5.57. The Morgan fingerprint density at radius 1 is 1.18 bits per heavy atom. The van der Waals surface area contributed by atoms with Crippen LogP contribution in [0.25, 0.3) is 0 Å². The van der Waals surface area contributed by atoms with Gasteiger partial charge in [-0.3, -0.25) is 19.1 Å². The summed E-state index contributed by atoms with van der Waals surface area (Å²) in [7, 11) is 0. The van der Waals surface area contributed by atoms with Gasteiger partial charge in [0.15, 0.2) is 0 Å². The molecule has 2 fully saturated rings. The largest absolute Gasteiger partial charge is 0.490 e. The molecule has 2 unspecified atom stereocenters. The second-order valence-electron chi connectivity index (χ2n) is 8.93. The molecule has 5 rings (SSSR count). The van der Waals surface area contributed by atoms with E-state index in [-0.39, 0.29) is 11.5 Å². The van der Waals surface area contributed by atoms with E-state index in [1.807, 2.05) is 11.3 Å². The number of fused-ring (bicyclic) bond motifs is 3. The van der Waals surface area contributed by atoms with Gasteiger partial charge in [0.1, 0.15) is 5.82 Å². The van der Waals surface area contributed by atoms with Crippen molar-refractivity contribution in [1.29, 1.82) is 0 Å². The zero-order valence-electron chi connectivity index (χ0n) is 18.0. The highest BCUT2D eigenvalue weighted by atomic mass is 32.1. The number of likely N-dealkylation sites (tertiary alicyclic amines) is 1. The molecule has 0 aromatic carbocycles. The Bertz CT molecular complexity index is 1150. The lowest BCUT2D eigenvalue weighted by Crippen LogP contribution is -2.45. The second kappa shape index (κ2) is 9.05. The summed E-state index contributed by atoms with van der Waals surface area (Å²) in [6.07, 6.45) is -1.57. The Labute approximate surface area is 191 Å². The van der Waals surface area contributed by atoms with Crippen molar-refractivity contribution in [2.45, 2.75) is 57.9 Å². The smallest absolute Gasteiger partial charge is 0.475 e. The molecule has 2 aromatic rings. The number of carboxylic acids is 1. The van der Waals surface area contributed by atoms with Gasteiger partial charge in [0.05, 0.1) is 0 Å². The van der Waals surface area contributed by atoms with Crippen LogP contribution >= 0.6 is 11.3 Å². The van der Waals surface area contributed by atoms with Crippen LogP contribution < -0.4 is 11.1 Å². The summed E-state index contributed by atoms with van der Waals surface area (Å²) in [5, 5.41) is 11.8. The van der Waals surface area contributed by atoms with Crippen molar-refractivity contribution in [3.63, 3.8) is 0 Å². The molecule has 1 saturated carbocycles. The highest BCUT2D eigenvalue weighted by Crippen LogP contribution is 2.38. The molecule has 3 aliphatic rings. The number of hydrogen-bond donors (Lipinski definition) is 1. The molecule has 8 nitrogen and oxygen atoms in total. The molecule has 1 N–H and O–H groups in total. The molecule has 0 amide bonds. The molecular weight excluding hydrogens is 461 g/mol. The van der Waals surface area contributed by atoms with E-state index in [1.165, 1.54) is 20.9 Å². The van der Waals surface area contributed by atoms with Crippen molar-refractivity contribution in [2.75, 3.05) is 13.1 Å². The van der Waals surface area contributed by atoms with E-state index in [9.17, 15) is 22.8 Å². The number of hydrogen-bond acceptors (Lipinski definition) is 6. The maximum atomic E-state index is 12.6. The van der Waals surface area contributed by atoms with Gasteiger partial charge in [-0.15, -0.1) is 11.3 Å². The Morgan fingerprint density at radius 2 is 1.88 bits per heavy atom. The number of nitrogens with zero attached hydrogens (tertiary/aromatic N) is 4. The summed E-state index contributed by atoms with van der Waals surface area (Å²) in [6.45, 7) is 6.26. The number of thiophene rings is 1. The number of alkyl halides is 3. The van der Waals surface area contributed by atoms with E-state index < -0.39 is 17.7 Å². The molecule has 33 heavy (non-hydrogen) atoms. The lowest BCUT2D eigenvalue weighted by atomic mass is 9.85. The maximum absolute atomic E-state index is 12.6. The van der Waals surface area contributed by atoms with Gasteiger partial charge in [0.2, 0.25) is 0 Å². The minimum absolute atomic E-state index is 0.275. The van der Waals surface area contributed by atoms with E-state index in [0.29, 0.717) is 24.9 Å². The third-order valence-corrected chi connectivity index (χ3v) is 7.49. The molecule has 4 heterocycles. The maximum Gasteiger partial charge on any atom is 0.490 e. The summed E-state index contributed by atoms with van der Waals surface area (Å²) in [6, 6.07) is 4.38. The van der Waals surface area contributed by atoms with E-state index >= 15 is 0 Å². The average molecular weight is 487 g/mol. The van der Waals surface area contributed by atoms with Crippen molar-refractivity contribution in [3.05, 3.63) is 48.4 Å². The summed E-state index contributed by atoms with van der Waals surface area (Å²) < 4.78 is 34.9. The van der Waals surface area contributed by atoms with Crippen molar-refractivity contribution in [1.82, 2.24) is 19.2 Å². The molecule has 0 radical (unpaired) electrons. The summed E-state index contributed by atoms with van der Waals surface area (Å²) in [5.74, 6) is -0.731. The van der Waals surface area contributed by atoms with Crippen molar-refractivity contribution >= 4 is 17.3 Å². The number of halogens is 3. The van der Waals surface area contributed by atoms with E-state index in [0.717, 1.165) is 38.3 Å². The molecule has 2 aromatic heterocycles. The summed E-state index contributed by atoms with van der Waals surface area (Å²) in [4.78, 5) is 39.0. The summed E-state index contributed by atoms with van der Waals surface area (Å²) in [5.41, 5.74) is -0.810. The Morgan fingerprint density at radius 3 is 2.42 bits per heavy atom. The van der Waals surface area contributed by atoms with Gasteiger partial charge in [-0.05, 0) is 37.8 Å². The molecule has 2 atom stereocenters. The average Bonchev–Trinajstić information content (AvgIpc) is 3.37. The van der Waals surface area contributed by atoms with Gasteiger partial charge in [0.25, 0.3) is 0 Å². The van der Waals surface area contributed by atoms with Crippen LogP contribution in [0.4, 0.5) is 13.2 Å². The molecule has 0 spiro atoms. The van der Waals surface area contributed by atoms with Crippen molar-refractivity contribution in [3.8, 4) is 0 Å². The first-order valence-electron chi connectivity index (χ1n) is 10.8. The lowest BCUT2D eigenvalue weighted by molar-refractivity contribution is -0.192. The van der Waals surface area contributed by atoms with Crippen LogP contribution in [0.1, 0.15) is 40.8 Å². The fourth-order valence-electron chi connectivity index (χ4n) is 4.64. The second-order valence-corrected chi connectivity index (χ2v) is 10.3. The zero-order chi connectivity index (χ0) is 23.9. The van der Waals surface area contributed by atoms with Crippen molar-refractivity contribution < 1.29 is 23.1 Å². The van der Waals surface area contributed by atoms with Gasteiger partial charge in [-0.25, -0.2) is 9.48 Å². The standard InChI is InChI=1S/C19H24N4O2S.C2HF3O2/c1-12-5-6-15(26-12)10-21-8-14-9-22-17(16(14)11-21)20-23(19(25)18(22)24)7-13-3-2-4-13;3-2(4,5)1(6)7/h5-6,13-14,16H,2-4,7-11H2,1H3;(H,6,7). The summed E-state index contributed by atoms with van der Waals surface area (Å²) >= 11 is 1.85. The monoisotopic (exact) mass is 486 g/mol. The van der Waals surface area contributed by atoms with E-state index in [1.54, 1.807) is 4.57 Å². The van der Waals surface area contributed by atoms with Crippen LogP contribution in [0.5, 0.6) is 0 Å². The normalized spacial score (nSPS) is 22.3. The Hall–Kier alpha value is -2.47. The van der Waals surface area contributed by atoms with Crippen LogP contribution in [0.3, 0.4) is 0 Å². The number of carbonyl (C=O) groups is 1. The highest BCUT2D eigenvalue weighted by molar-refractivity contribution is 7.11. The lowest BCUT2D eigenvalue weighted by Gasteiger charge is -2.25. The van der Waals surface area contributed by atoms with Gasteiger partial charge in [-0.2, -0.15) is 18.3 Å². The number of aliphatic carboxylic acids is 1. The highest BCUT2D eigenvalue weighted by Gasteiger charge is 2.43. The Balaban J connectivity index is 0.000000325.